The zero-order valence-corrected chi connectivity index (χ0v) is 13.5. The molecule has 108 valence electrons. The molecule has 0 fully saturated rings. The summed E-state index contributed by atoms with van der Waals surface area (Å²) in [6, 6.07) is 7.05. The van der Waals surface area contributed by atoms with Gasteiger partial charge < -0.3 is 5.73 Å². The molecule has 0 bridgehead atoms. The first-order valence-electron chi connectivity index (χ1n) is 7.76. The predicted molar refractivity (Wildman–Crippen MR) is 85.6 cm³/mol. The molecule has 0 aromatic heterocycles. The van der Waals surface area contributed by atoms with Gasteiger partial charge in [0.05, 0.1) is 0 Å². The molecule has 1 rings (SSSR count). The Morgan fingerprint density at radius 1 is 0.947 bits per heavy atom. The van der Waals surface area contributed by atoms with Gasteiger partial charge in [-0.2, -0.15) is 0 Å². The average molecular weight is 261 g/mol. The summed E-state index contributed by atoms with van der Waals surface area (Å²) in [5.41, 5.74) is 10.6. The van der Waals surface area contributed by atoms with Crippen LogP contribution in [-0.2, 0) is 0 Å². The molecule has 2 N–H and O–H groups in total. The van der Waals surface area contributed by atoms with Crippen molar-refractivity contribution in [3.05, 3.63) is 34.9 Å². The predicted octanol–water partition coefficient (Wildman–Crippen LogP) is 5.37. The molecule has 0 saturated heterocycles. The quantitative estimate of drug-likeness (QED) is 0.732. The van der Waals surface area contributed by atoms with Crippen molar-refractivity contribution in [2.75, 3.05) is 0 Å². The molecule has 0 amide bonds. The minimum Gasteiger partial charge on any atom is -0.324 e. The fraction of sp³-hybridized carbons (Fsp3) is 0.667. The molecule has 1 aromatic carbocycles. The Balaban J connectivity index is 3.05. The van der Waals surface area contributed by atoms with E-state index < -0.39 is 0 Å². The van der Waals surface area contributed by atoms with Crippen molar-refractivity contribution in [1.29, 1.82) is 0 Å². The third-order valence-electron chi connectivity index (χ3n) is 4.15. The van der Waals surface area contributed by atoms with E-state index in [0.29, 0.717) is 17.8 Å². The van der Waals surface area contributed by atoms with E-state index in [1.807, 2.05) is 0 Å². The highest BCUT2D eigenvalue weighted by atomic mass is 14.6. The SMILES string of the molecule is CCC(C)CC(N)c1ccc(C(C)C)cc1C(C)C. The fourth-order valence-corrected chi connectivity index (χ4v) is 2.52. The summed E-state index contributed by atoms with van der Waals surface area (Å²) < 4.78 is 0. The van der Waals surface area contributed by atoms with Crippen molar-refractivity contribution < 1.29 is 0 Å². The van der Waals surface area contributed by atoms with Gasteiger partial charge in [0.2, 0.25) is 0 Å². The first kappa shape index (κ1) is 16.2. The lowest BCUT2D eigenvalue weighted by Gasteiger charge is -2.22. The van der Waals surface area contributed by atoms with E-state index in [1.54, 1.807) is 0 Å². The second kappa shape index (κ2) is 7.09. The van der Waals surface area contributed by atoms with E-state index in [1.165, 1.54) is 23.1 Å². The van der Waals surface area contributed by atoms with Crippen LogP contribution in [0.1, 0.15) is 89.0 Å². The van der Waals surface area contributed by atoms with Gasteiger partial charge in [0, 0.05) is 6.04 Å². The Kier molecular flexibility index (Phi) is 6.06. The highest BCUT2D eigenvalue weighted by molar-refractivity contribution is 5.37. The third-order valence-corrected chi connectivity index (χ3v) is 4.15. The summed E-state index contributed by atoms with van der Waals surface area (Å²) in [5, 5.41) is 0. The summed E-state index contributed by atoms with van der Waals surface area (Å²) in [5.74, 6) is 1.81. The molecule has 0 radical (unpaired) electrons. The van der Waals surface area contributed by atoms with Crippen LogP contribution >= 0.6 is 0 Å². The van der Waals surface area contributed by atoms with Crippen molar-refractivity contribution in [2.45, 2.75) is 72.3 Å². The van der Waals surface area contributed by atoms with E-state index in [-0.39, 0.29) is 6.04 Å². The smallest absolute Gasteiger partial charge is 0.0300 e. The monoisotopic (exact) mass is 261 g/mol. The standard InChI is InChI=1S/C18H31N/c1-7-14(6)10-18(19)16-9-8-15(12(2)3)11-17(16)13(4)5/h8-9,11-14,18H,7,10,19H2,1-6H3. The minimum absolute atomic E-state index is 0.175. The van der Waals surface area contributed by atoms with Crippen molar-refractivity contribution >= 4 is 0 Å². The van der Waals surface area contributed by atoms with Gasteiger partial charge in [0.15, 0.2) is 0 Å². The van der Waals surface area contributed by atoms with Gasteiger partial charge in [0.1, 0.15) is 0 Å². The highest BCUT2D eigenvalue weighted by Gasteiger charge is 2.16. The van der Waals surface area contributed by atoms with Crippen LogP contribution in [0.3, 0.4) is 0 Å². The second-order valence-electron chi connectivity index (χ2n) is 6.55. The van der Waals surface area contributed by atoms with Gasteiger partial charge >= 0.3 is 0 Å². The van der Waals surface area contributed by atoms with Crippen molar-refractivity contribution in [1.82, 2.24) is 0 Å². The molecular weight excluding hydrogens is 230 g/mol. The van der Waals surface area contributed by atoms with Crippen LogP contribution in [0.25, 0.3) is 0 Å². The van der Waals surface area contributed by atoms with Crippen LogP contribution < -0.4 is 5.73 Å². The van der Waals surface area contributed by atoms with Gasteiger partial charge in [-0.15, -0.1) is 0 Å². The van der Waals surface area contributed by atoms with E-state index >= 15 is 0 Å². The summed E-state index contributed by atoms with van der Waals surface area (Å²) in [6.45, 7) is 13.5. The maximum Gasteiger partial charge on any atom is 0.0300 e. The second-order valence-corrected chi connectivity index (χ2v) is 6.55. The first-order valence-corrected chi connectivity index (χ1v) is 7.76. The average Bonchev–Trinajstić information content (AvgIpc) is 2.37. The van der Waals surface area contributed by atoms with Gasteiger partial charge in [-0.05, 0) is 40.9 Å². The van der Waals surface area contributed by atoms with E-state index in [9.17, 15) is 0 Å². The molecule has 1 heteroatoms. The van der Waals surface area contributed by atoms with Crippen LogP contribution in [0.5, 0.6) is 0 Å². The van der Waals surface area contributed by atoms with Crippen molar-refractivity contribution in [3.8, 4) is 0 Å². The number of hydrogen-bond acceptors (Lipinski definition) is 1. The van der Waals surface area contributed by atoms with Crippen LogP contribution in [-0.4, -0.2) is 0 Å². The summed E-state index contributed by atoms with van der Waals surface area (Å²) in [6.07, 6.45) is 2.28. The summed E-state index contributed by atoms with van der Waals surface area (Å²) >= 11 is 0. The molecule has 0 saturated carbocycles. The van der Waals surface area contributed by atoms with Gasteiger partial charge in [-0.3, -0.25) is 0 Å². The lowest BCUT2D eigenvalue weighted by atomic mass is 9.86. The summed E-state index contributed by atoms with van der Waals surface area (Å²) in [4.78, 5) is 0. The van der Waals surface area contributed by atoms with E-state index in [2.05, 4.69) is 59.7 Å². The lowest BCUT2D eigenvalue weighted by molar-refractivity contribution is 0.459. The number of rotatable bonds is 6. The minimum atomic E-state index is 0.175. The van der Waals surface area contributed by atoms with Gasteiger partial charge in [-0.1, -0.05) is 66.2 Å². The summed E-state index contributed by atoms with van der Waals surface area (Å²) in [7, 11) is 0. The van der Waals surface area contributed by atoms with Crippen LogP contribution in [0.15, 0.2) is 18.2 Å². The van der Waals surface area contributed by atoms with Crippen molar-refractivity contribution in [3.63, 3.8) is 0 Å². The molecule has 2 atom stereocenters. The zero-order chi connectivity index (χ0) is 14.6. The molecule has 0 aliphatic heterocycles. The Morgan fingerprint density at radius 2 is 1.58 bits per heavy atom. The maximum absolute atomic E-state index is 6.44. The molecule has 0 aliphatic carbocycles. The molecule has 1 aromatic rings. The lowest BCUT2D eigenvalue weighted by Crippen LogP contribution is -2.16. The highest BCUT2D eigenvalue weighted by Crippen LogP contribution is 2.30. The molecular formula is C18H31N. The molecule has 2 unspecified atom stereocenters. The van der Waals surface area contributed by atoms with Gasteiger partial charge in [-0.25, -0.2) is 0 Å². The zero-order valence-electron chi connectivity index (χ0n) is 13.5. The van der Waals surface area contributed by atoms with Crippen LogP contribution in [0, 0.1) is 5.92 Å². The molecule has 0 spiro atoms. The molecule has 0 aliphatic rings. The van der Waals surface area contributed by atoms with E-state index in [4.69, 9.17) is 5.73 Å². The Hall–Kier alpha value is -0.820. The van der Waals surface area contributed by atoms with Gasteiger partial charge in [0.25, 0.3) is 0 Å². The molecule has 1 nitrogen and oxygen atoms in total. The first-order chi connectivity index (χ1) is 8.86. The Labute approximate surface area is 119 Å². The van der Waals surface area contributed by atoms with Crippen molar-refractivity contribution in [2.24, 2.45) is 11.7 Å². The maximum atomic E-state index is 6.44. The number of nitrogens with two attached hydrogens (primary N) is 1. The number of hydrogen-bond donors (Lipinski definition) is 1. The van der Waals surface area contributed by atoms with Crippen LogP contribution in [0.4, 0.5) is 0 Å². The van der Waals surface area contributed by atoms with E-state index in [0.717, 1.165) is 6.42 Å². The molecule has 0 heterocycles. The Morgan fingerprint density at radius 3 is 2.05 bits per heavy atom. The Bertz CT molecular complexity index is 393. The number of benzene rings is 1. The fourth-order valence-electron chi connectivity index (χ4n) is 2.52. The normalized spacial score (nSPS) is 15.0. The largest absolute Gasteiger partial charge is 0.324 e. The topological polar surface area (TPSA) is 26.0 Å². The molecule has 19 heavy (non-hydrogen) atoms. The third kappa shape index (κ3) is 4.35. The van der Waals surface area contributed by atoms with Crippen LogP contribution in [0.2, 0.25) is 0 Å².